The van der Waals surface area contributed by atoms with Gasteiger partial charge in [-0.05, 0) is 55.5 Å². The molecule has 1 amide bonds. The van der Waals surface area contributed by atoms with Crippen LogP contribution in [0.2, 0.25) is 0 Å². The quantitative estimate of drug-likeness (QED) is 0.287. The number of anilines is 1. The molecule has 0 aliphatic heterocycles. The van der Waals surface area contributed by atoms with Gasteiger partial charge in [-0.3, -0.25) is 20.2 Å². The Morgan fingerprint density at radius 1 is 1.03 bits per heavy atom. The van der Waals surface area contributed by atoms with E-state index in [1.807, 2.05) is 30.3 Å². The molecule has 10 heteroatoms. The number of hydrogen-bond donors (Lipinski definition) is 2. The van der Waals surface area contributed by atoms with E-state index in [1.165, 1.54) is 18.2 Å². The number of nitrogens with zero attached hydrogens (tertiary/aromatic N) is 4. The average Bonchev–Trinajstić information content (AvgIpc) is 3.18. The van der Waals surface area contributed by atoms with Crippen LogP contribution >= 0.6 is 12.2 Å². The smallest absolute Gasteiger partial charge is 0.273 e. The molecule has 9 nitrogen and oxygen atoms in total. The highest BCUT2D eigenvalue weighted by Gasteiger charge is 2.16. The van der Waals surface area contributed by atoms with Gasteiger partial charge in [0.15, 0.2) is 5.11 Å². The maximum atomic E-state index is 12.4. The van der Waals surface area contributed by atoms with Gasteiger partial charge < -0.3 is 5.32 Å². The summed E-state index contributed by atoms with van der Waals surface area (Å²) in [6.45, 7) is 1.61. The summed E-state index contributed by atoms with van der Waals surface area (Å²) in [6, 6.07) is 19.1. The fourth-order valence-corrected chi connectivity index (χ4v) is 3.16. The van der Waals surface area contributed by atoms with Crippen molar-refractivity contribution >= 4 is 45.6 Å². The number of aryl methyl sites for hydroxylation is 1. The summed E-state index contributed by atoms with van der Waals surface area (Å²) in [5, 5.41) is 25.5. The Balaban J connectivity index is 1.47. The molecule has 1 heterocycles. The highest BCUT2D eigenvalue weighted by atomic mass is 32.1. The number of amides is 1. The molecule has 0 saturated heterocycles. The number of para-hydroxylation sites is 1. The summed E-state index contributed by atoms with van der Waals surface area (Å²) in [5.74, 6) is -0.545. The lowest BCUT2D eigenvalue weighted by molar-refractivity contribution is -0.385. The lowest BCUT2D eigenvalue weighted by Crippen LogP contribution is -2.34. The van der Waals surface area contributed by atoms with Gasteiger partial charge in [-0.1, -0.05) is 24.3 Å². The van der Waals surface area contributed by atoms with E-state index in [2.05, 4.69) is 20.8 Å². The first kappa shape index (κ1) is 20.1. The maximum Gasteiger partial charge on any atom is 0.273 e. The summed E-state index contributed by atoms with van der Waals surface area (Å²) in [7, 11) is 0. The Kier molecular flexibility index (Phi) is 5.37. The number of thiocarbonyl (C=S) groups is 1. The number of nitro groups is 1. The molecule has 0 fully saturated rings. The number of carbonyl (C=O) groups is 1. The molecule has 3 aromatic carbocycles. The number of carbonyl (C=O) groups excluding carboxylic acids is 1. The lowest BCUT2D eigenvalue weighted by atomic mass is 10.1. The van der Waals surface area contributed by atoms with Crippen LogP contribution in [0.15, 0.2) is 66.7 Å². The van der Waals surface area contributed by atoms with E-state index < -0.39 is 10.8 Å². The minimum Gasteiger partial charge on any atom is -0.332 e. The van der Waals surface area contributed by atoms with Gasteiger partial charge in [0.1, 0.15) is 11.0 Å². The Morgan fingerprint density at radius 3 is 2.52 bits per heavy atom. The van der Waals surface area contributed by atoms with E-state index in [-0.39, 0.29) is 16.4 Å². The Morgan fingerprint density at radius 2 is 1.77 bits per heavy atom. The zero-order chi connectivity index (χ0) is 22.0. The molecule has 154 valence electrons. The maximum absolute atomic E-state index is 12.4. The van der Waals surface area contributed by atoms with E-state index in [0.29, 0.717) is 22.3 Å². The monoisotopic (exact) mass is 432 g/mol. The third-order valence-corrected chi connectivity index (χ3v) is 4.72. The van der Waals surface area contributed by atoms with Crippen LogP contribution in [0.1, 0.15) is 15.9 Å². The molecule has 0 spiro atoms. The number of aromatic nitrogens is 3. The highest BCUT2D eigenvalue weighted by molar-refractivity contribution is 7.80. The molecular weight excluding hydrogens is 416 g/mol. The van der Waals surface area contributed by atoms with Crippen molar-refractivity contribution < 1.29 is 9.72 Å². The molecule has 31 heavy (non-hydrogen) atoms. The summed E-state index contributed by atoms with van der Waals surface area (Å²) in [4.78, 5) is 24.5. The van der Waals surface area contributed by atoms with Crippen molar-refractivity contribution in [3.63, 3.8) is 0 Å². The van der Waals surface area contributed by atoms with Crippen molar-refractivity contribution in [1.82, 2.24) is 20.3 Å². The lowest BCUT2D eigenvalue weighted by Gasteiger charge is -2.09. The van der Waals surface area contributed by atoms with Crippen LogP contribution in [-0.4, -0.2) is 30.9 Å². The fraction of sp³-hybridized carbons (Fsp3) is 0.0476. The Hall–Kier alpha value is -4.18. The molecule has 0 aliphatic rings. The molecule has 1 aromatic heterocycles. The number of benzene rings is 3. The molecule has 4 aromatic rings. The van der Waals surface area contributed by atoms with E-state index in [1.54, 1.807) is 29.9 Å². The fourth-order valence-electron chi connectivity index (χ4n) is 2.95. The molecule has 0 aliphatic carbocycles. The second-order valence-electron chi connectivity index (χ2n) is 6.70. The van der Waals surface area contributed by atoms with Crippen molar-refractivity contribution in [2.75, 3.05) is 5.32 Å². The SMILES string of the molecule is Cc1ccc(C(=O)NC(=S)Nc2ccc3nn(-c4ccccc4)nc3c2)cc1[N+](=O)[O-]. The van der Waals surface area contributed by atoms with Crippen molar-refractivity contribution in [1.29, 1.82) is 0 Å². The summed E-state index contributed by atoms with van der Waals surface area (Å²) < 4.78 is 0. The zero-order valence-corrected chi connectivity index (χ0v) is 17.1. The molecule has 0 bridgehead atoms. The predicted molar refractivity (Wildman–Crippen MR) is 120 cm³/mol. The molecule has 0 atom stereocenters. The average molecular weight is 432 g/mol. The largest absolute Gasteiger partial charge is 0.332 e. The number of nitrogens with one attached hydrogen (secondary N) is 2. The van der Waals surface area contributed by atoms with Crippen molar-refractivity contribution in [3.05, 3.63) is 88.0 Å². The van der Waals surface area contributed by atoms with Gasteiger partial charge in [0.05, 0.1) is 10.6 Å². The van der Waals surface area contributed by atoms with Crippen LogP contribution in [0, 0.1) is 17.0 Å². The summed E-state index contributed by atoms with van der Waals surface area (Å²) in [5.41, 5.74) is 3.30. The van der Waals surface area contributed by atoms with Crippen LogP contribution < -0.4 is 10.6 Å². The first-order valence-corrected chi connectivity index (χ1v) is 9.61. The highest BCUT2D eigenvalue weighted by Crippen LogP contribution is 2.20. The van der Waals surface area contributed by atoms with E-state index in [4.69, 9.17) is 12.2 Å². The summed E-state index contributed by atoms with van der Waals surface area (Å²) >= 11 is 5.21. The molecule has 0 unspecified atom stereocenters. The third-order valence-electron chi connectivity index (χ3n) is 4.52. The van der Waals surface area contributed by atoms with Gasteiger partial charge in [0, 0.05) is 22.9 Å². The third kappa shape index (κ3) is 4.38. The van der Waals surface area contributed by atoms with Crippen molar-refractivity contribution in [2.24, 2.45) is 0 Å². The van der Waals surface area contributed by atoms with Crippen molar-refractivity contribution in [3.8, 4) is 5.69 Å². The molecular formula is C21H16N6O3S. The van der Waals surface area contributed by atoms with Crippen LogP contribution in [-0.2, 0) is 0 Å². The minimum atomic E-state index is -0.545. The van der Waals surface area contributed by atoms with Gasteiger partial charge in [0.2, 0.25) is 0 Å². The standard InChI is InChI=1S/C21H16N6O3S/c1-13-7-8-14(11-19(13)27(29)30)20(28)23-21(31)22-15-9-10-17-18(12-15)25-26(24-17)16-5-3-2-4-6-16/h2-12H,1H3,(H2,22,23,28,31). The van der Waals surface area contributed by atoms with Gasteiger partial charge in [-0.15, -0.1) is 10.2 Å². The molecule has 0 radical (unpaired) electrons. The normalized spacial score (nSPS) is 10.6. The predicted octanol–water partition coefficient (Wildman–Crippen LogP) is 3.76. The second-order valence-corrected chi connectivity index (χ2v) is 7.10. The number of nitro benzene ring substituents is 1. The topological polar surface area (TPSA) is 115 Å². The van der Waals surface area contributed by atoms with Gasteiger partial charge >= 0.3 is 0 Å². The summed E-state index contributed by atoms with van der Waals surface area (Å²) in [6.07, 6.45) is 0. The first-order valence-electron chi connectivity index (χ1n) is 9.20. The van der Waals surface area contributed by atoms with Gasteiger partial charge in [0.25, 0.3) is 11.6 Å². The van der Waals surface area contributed by atoms with E-state index in [0.717, 1.165) is 5.69 Å². The van der Waals surface area contributed by atoms with Gasteiger partial charge in [-0.25, -0.2) is 0 Å². The molecule has 0 saturated carbocycles. The minimum absolute atomic E-state index is 0.0584. The zero-order valence-electron chi connectivity index (χ0n) is 16.3. The van der Waals surface area contributed by atoms with Crippen molar-refractivity contribution in [2.45, 2.75) is 6.92 Å². The van der Waals surface area contributed by atoms with Crippen LogP contribution in [0.4, 0.5) is 11.4 Å². The number of fused-ring (bicyclic) bond motifs is 1. The van der Waals surface area contributed by atoms with Gasteiger partial charge in [-0.2, -0.15) is 4.80 Å². The van der Waals surface area contributed by atoms with Crippen LogP contribution in [0.25, 0.3) is 16.7 Å². The Labute approximate surface area is 181 Å². The number of hydrogen-bond acceptors (Lipinski definition) is 6. The molecule has 2 N–H and O–H groups in total. The van der Waals surface area contributed by atoms with Crippen LogP contribution in [0.5, 0.6) is 0 Å². The second kappa shape index (κ2) is 8.28. The number of rotatable bonds is 4. The van der Waals surface area contributed by atoms with Crippen LogP contribution in [0.3, 0.4) is 0 Å². The van der Waals surface area contributed by atoms with E-state index >= 15 is 0 Å². The Bertz CT molecular complexity index is 1320. The molecule has 4 rings (SSSR count). The van der Waals surface area contributed by atoms with E-state index in [9.17, 15) is 14.9 Å². The first-order chi connectivity index (χ1) is 14.9.